The zero-order valence-electron chi connectivity index (χ0n) is 14.2. The Morgan fingerprint density at radius 3 is 2.74 bits per heavy atom. The monoisotopic (exact) mass is 479 g/mol. The van der Waals surface area contributed by atoms with Crippen LogP contribution in [0, 0.1) is 0 Å². The minimum absolute atomic E-state index is 0.0341. The summed E-state index contributed by atoms with van der Waals surface area (Å²) in [5.74, 6) is 0.634. The Labute approximate surface area is 180 Å². The van der Waals surface area contributed by atoms with Crippen LogP contribution in [-0.2, 0) is 0 Å². The van der Waals surface area contributed by atoms with E-state index in [0.717, 1.165) is 15.2 Å². The van der Waals surface area contributed by atoms with Crippen LogP contribution in [0.2, 0.25) is 5.02 Å². The van der Waals surface area contributed by atoms with Gasteiger partial charge in [0.15, 0.2) is 5.11 Å². The van der Waals surface area contributed by atoms with Crippen molar-refractivity contribution < 1.29 is 4.74 Å². The van der Waals surface area contributed by atoms with Gasteiger partial charge >= 0.3 is 0 Å². The van der Waals surface area contributed by atoms with Gasteiger partial charge in [0.25, 0.3) is 0 Å². The van der Waals surface area contributed by atoms with Gasteiger partial charge in [0, 0.05) is 16.8 Å². The lowest BCUT2D eigenvalue weighted by Gasteiger charge is -2.27. The van der Waals surface area contributed by atoms with E-state index in [0.29, 0.717) is 15.9 Å². The Bertz CT molecular complexity index is 982. The Balaban J connectivity index is 1.81. The minimum Gasteiger partial charge on any atom is -0.495 e. The van der Waals surface area contributed by atoms with Gasteiger partial charge < -0.3 is 15.0 Å². The van der Waals surface area contributed by atoms with Crippen LogP contribution in [-0.4, -0.2) is 17.2 Å². The zero-order valence-corrected chi connectivity index (χ0v) is 18.2. The summed E-state index contributed by atoms with van der Waals surface area (Å²) >= 11 is 17.3. The van der Waals surface area contributed by atoms with E-state index < -0.39 is 0 Å². The van der Waals surface area contributed by atoms with Crippen LogP contribution in [0.3, 0.4) is 0 Å². The minimum atomic E-state index is -0.0647. The Hall–Kier alpha value is -1.67. The molecule has 0 spiro atoms. The van der Waals surface area contributed by atoms with Gasteiger partial charge in [-0.25, -0.2) is 0 Å². The van der Waals surface area contributed by atoms with Crippen molar-refractivity contribution in [3.8, 4) is 5.75 Å². The first-order chi connectivity index (χ1) is 13.1. The van der Waals surface area contributed by atoms with Crippen molar-refractivity contribution in [3.05, 3.63) is 74.1 Å². The molecule has 3 heterocycles. The van der Waals surface area contributed by atoms with E-state index in [1.807, 2.05) is 36.4 Å². The summed E-state index contributed by atoms with van der Waals surface area (Å²) in [7, 11) is 1.60. The lowest BCUT2D eigenvalue weighted by atomic mass is 10.0. The average Bonchev–Trinajstić information content (AvgIpc) is 3.25. The molecule has 4 nitrogen and oxygen atoms in total. The molecule has 1 saturated heterocycles. The van der Waals surface area contributed by atoms with Crippen molar-refractivity contribution in [2.24, 2.45) is 0 Å². The highest BCUT2D eigenvalue weighted by Crippen LogP contribution is 2.45. The largest absolute Gasteiger partial charge is 0.495 e. The molecule has 1 fully saturated rings. The van der Waals surface area contributed by atoms with Crippen molar-refractivity contribution in [2.75, 3.05) is 12.0 Å². The van der Waals surface area contributed by atoms with Crippen LogP contribution in [0.1, 0.15) is 22.7 Å². The maximum atomic E-state index is 6.37. The van der Waals surface area contributed by atoms with Crippen LogP contribution < -0.4 is 15.0 Å². The number of thiocarbonyl (C=S) groups is 1. The molecule has 2 aromatic heterocycles. The molecule has 3 aromatic rings. The second kappa shape index (κ2) is 7.75. The third-order valence-corrected chi connectivity index (χ3v) is 6.70. The van der Waals surface area contributed by atoms with E-state index in [2.05, 4.69) is 43.3 Å². The normalized spacial score (nSPS) is 19.2. The third kappa shape index (κ3) is 3.57. The highest BCUT2D eigenvalue weighted by Gasteiger charge is 2.41. The molecule has 138 valence electrons. The smallest absolute Gasteiger partial charge is 0.174 e. The summed E-state index contributed by atoms with van der Waals surface area (Å²) in [4.78, 5) is 7.82. The van der Waals surface area contributed by atoms with Gasteiger partial charge in [-0.05, 0) is 70.6 Å². The fourth-order valence-corrected chi connectivity index (χ4v) is 5.36. The van der Waals surface area contributed by atoms with Crippen molar-refractivity contribution in [1.82, 2.24) is 10.3 Å². The summed E-state index contributed by atoms with van der Waals surface area (Å²) in [5.41, 5.74) is 1.85. The number of methoxy groups -OCH3 is 1. The Kier molecular flexibility index (Phi) is 5.36. The second-order valence-electron chi connectivity index (χ2n) is 5.96. The molecule has 8 heteroatoms. The summed E-state index contributed by atoms with van der Waals surface area (Å²) in [5, 5.41) is 4.62. The molecule has 0 radical (unpaired) electrons. The van der Waals surface area contributed by atoms with Crippen LogP contribution >= 0.6 is 51.1 Å². The quantitative estimate of drug-likeness (QED) is 0.482. The van der Waals surface area contributed by atoms with Crippen molar-refractivity contribution in [1.29, 1.82) is 0 Å². The first-order valence-corrected chi connectivity index (χ1v) is 10.6. The highest BCUT2D eigenvalue weighted by atomic mass is 79.9. The maximum absolute atomic E-state index is 6.37. The maximum Gasteiger partial charge on any atom is 0.174 e. The van der Waals surface area contributed by atoms with Gasteiger partial charge in [0.2, 0.25) is 0 Å². The predicted molar refractivity (Wildman–Crippen MR) is 118 cm³/mol. The Morgan fingerprint density at radius 2 is 2.11 bits per heavy atom. The summed E-state index contributed by atoms with van der Waals surface area (Å²) < 4.78 is 6.35. The molecule has 0 amide bonds. The van der Waals surface area contributed by atoms with Gasteiger partial charge in [0.1, 0.15) is 5.75 Å². The number of halogens is 2. The number of pyridine rings is 1. The molecule has 0 bridgehead atoms. The molecule has 2 unspecified atom stereocenters. The van der Waals surface area contributed by atoms with E-state index in [9.17, 15) is 0 Å². The number of anilines is 1. The van der Waals surface area contributed by atoms with Gasteiger partial charge in [-0.1, -0.05) is 17.7 Å². The molecule has 4 rings (SSSR count). The lowest BCUT2D eigenvalue weighted by Crippen LogP contribution is -2.29. The van der Waals surface area contributed by atoms with Crippen LogP contribution in [0.25, 0.3) is 0 Å². The summed E-state index contributed by atoms with van der Waals surface area (Å²) in [6.45, 7) is 0. The number of nitrogens with one attached hydrogen (secondary N) is 1. The number of thiophene rings is 1. The van der Waals surface area contributed by atoms with Gasteiger partial charge in [-0.3, -0.25) is 4.98 Å². The molecule has 2 atom stereocenters. The molecule has 1 N–H and O–H groups in total. The fraction of sp³-hybridized carbons (Fsp3) is 0.158. The number of ether oxygens (including phenoxy) is 1. The van der Waals surface area contributed by atoms with Crippen LogP contribution in [0.5, 0.6) is 5.75 Å². The first-order valence-electron chi connectivity index (χ1n) is 8.18. The first kappa shape index (κ1) is 18.7. The number of hydrogen-bond donors (Lipinski definition) is 1. The molecule has 0 aliphatic carbocycles. The number of nitrogens with zero attached hydrogens (tertiary/aromatic N) is 2. The van der Waals surface area contributed by atoms with Crippen LogP contribution in [0.15, 0.2) is 58.5 Å². The van der Waals surface area contributed by atoms with Gasteiger partial charge in [-0.2, -0.15) is 0 Å². The van der Waals surface area contributed by atoms with E-state index in [1.54, 1.807) is 24.6 Å². The molecule has 1 aliphatic heterocycles. The SMILES string of the molecule is COc1ccc(N2C(=S)NC(c3ccccn3)C2c2ccc(Br)s2)cc1Cl. The number of benzene rings is 1. The average molecular weight is 481 g/mol. The van der Waals surface area contributed by atoms with Crippen LogP contribution in [0.4, 0.5) is 5.69 Å². The molecule has 0 saturated carbocycles. The van der Waals surface area contributed by atoms with Crippen molar-refractivity contribution in [3.63, 3.8) is 0 Å². The van der Waals surface area contributed by atoms with E-state index >= 15 is 0 Å². The zero-order chi connectivity index (χ0) is 19.0. The molecule has 1 aliphatic rings. The van der Waals surface area contributed by atoms with E-state index in [1.165, 1.54) is 4.88 Å². The molecular weight excluding hydrogens is 466 g/mol. The van der Waals surface area contributed by atoms with Crippen molar-refractivity contribution in [2.45, 2.75) is 12.1 Å². The predicted octanol–water partition coefficient (Wildman–Crippen LogP) is 5.74. The number of aromatic nitrogens is 1. The number of hydrogen-bond acceptors (Lipinski definition) is 4. The Morgan fingerprint density at radius 1 is 1.26 bits per heavy atom. The lowest BCUT2D eigenvalue weighted by molar-refractivity contribution is 0.415. The standard InChI is InChI=1S/C19H15BrClN3OS2/c1-25-14-6-5-11(10-12(14)21)24-18(15-7-8-16(20)27-15)17(23-19(24)26)13-4-2-3-9-22-13/h2-10,17-18H,1H3,(H,23,26). The molecular formula is C19H15BrClN3OS2. The van der Waals surface area contributed by atoms with E-state index in [4.69, 9.17) is 28.6 Å². The topological polar surface area (TPSA) is 37.4 Å². The van der Waals surface area contributed by atoms with E-state index in [-0.39, 0.29) is 12.1 Å². The summed E-state index contributed by atoms with van der Waals surface area (Å²) in [6.07, 6.45) is 1.80. The molecule has 27 heavy (non-hydrogen) atoms. The van der Waals surface area contributed by atoms with Crippen molar-refractivity contribution >= 4 is 61.9 Å². The highest BCUT2D eigenvalue weighted by molar-refractivity contribution is 9.11. The fourth-order valence-electron chi connectivity index (χ4n) is 3.21. The third-order valence-electron chi connectivity index (χ3n) is 4.40. The van der Waals surface area contributed by atoms with Gasteiger partial charge in [-0.15, -0.1) is 11.3 Å². The summed E-state index contributed by atoms with van der Waals surface area (Å²) in [6, 6.07) is 15.7. The van der Waals surface area contributed by atoms with Gasteiger partial charge in [0.05, 0.1) is 33.7 Å². The molecule has 1 aromatic carbocycles. The second-order valence-corrected chi connectivity index (χ2v) is 9.25. The number of rotatable bonds is 4.